The van der Waals surface area contributed by atoms with Crippen molar-refractivity contribution >= 4 is 5.91 Å². The highest BCUT2D eigenvalue weighted by molar-refractivity contribution is 5.80. The molecule has 0 aliphatic heterocycles. The van der Waals surface area contributed by atoms with E-state index in [1.54, 1.807) is 0 Å². The van der Waals surface area contributed by atoms with Gasteiger partial charge in [-0.2, -0.15) is 0 Å². The smallest absolute Gasteiger partial charge is 0.249 e. The van der Waals surface area contributed by atoms with Crippen molar-refractivity contribution in [3.63, 3.8) is 0 Å². The van der Waals surface area contributed by atoms with E-state index in [-0.39, 0.29) is 0 Å². The Bertz CT molecular complexity index is 986. The lowest BCUT2D eigenvalue weighted by Crippen LogP contribution is -2.53. The maximum atomic E-state index is 12.6. The molecule has 0 heterocycles. The highest BCUT2D eigenvalue weighted by Gasteiger charge is 2.28. The molecule has 0 aromatic carbocycles. The number of carbonyl (C=O) groups excluding carboxylic acids is 1. The van der Waals surface area contributed by atoms with E-state index in [0.29, 0.717) is 19.3 Å². The molecule has 6 heteroatoms. The molecular weight excluding hydrogens is 803 g/mol. The zero-order valence-electron chi connectivity index (χ0n) is 43.8. The number of hydrogen-bond donors (Lipinski definition) is 5. The van der Waals surface area contributed by atoms with Crippen LogP contribution in [0.2, 0.25) is 0 Å². The van der Waals surface area contributed by atoms with E-state index in [4.69, 9.17) is 0 Å². The monoisotopic (exact) mass is 918 g/mol. The van der Waals surface area contributed by atoms with Gasteiger partial charge in [-0.25, -0.2) is 0 Å². The minimum absolute atomic E-state index is 0.364. The third-order valence-electron chi connectivity index (χ3n) is 13.9. The van der Waals surface area contributed by atoms with E-state index in [1.807, 2.05) is 0 Å². The molecule has 6 nitrogen and oxygen atoms in total. The second-order valence-corrected chi connectivity index (χ2v) is 20.3. The van der Waals surface area contributed by atoms with Gasteiger partial charge in [0.2, 0.25) is 5.91 Å². The molecule has 0 aliphatic carbocycles. The summed E-state index contributed by atoms with van der Waals surface area (Å²) >= 11 is 0. The summed E-state index contributed by atoms with van der Waals surface area (Å²) in [6.07, 6.45) is 65.7. The molecule has 0 bridgehead atoms. The number of aliphatic hydroxyl groups is 4. The molecule has 0 spiro atoms. The molecule has 0 fully saturated rings. The fourth-order valence-electron chi connectivity index (χ4n) is 9.31. The fraction of sp³-hybridized carbons (Fsp3) is 0.915. The number of unbranched alkanes of at least 4 members (excludes halogenated alkanes) is 41. The van der Waals surface area contributed by atoms with E-state index in [0.717, 1.165) is 44.9 Å². The number of allylic oxidation sites excluding steroid dienone is 4. The number of carbonyl (C=O) groups is 1. The third kappa shape index (κ3) is 47.6. The molecule has 0 aliphatic rings. The Morgan fingerprint density at radius 3 is 0.969 bits per heavy atom. The minimum Gasteiger partial charge on any atom is -0.394 e. The number of amides is 1. The van der Waals surface area contributed by atoms with Crippen LogP contribution in [-0.4, -0.2) is 57.3 Å². The van der Waals surface area contributed by atoms with E-state index in [2.05, 4.69) is 43.5 Å². The summed E-state index contributed by atoms with van der Waals surface area (Å²) in [6, 6.07) is -1.01. The van der Waals surface area contributed by atoms with Gasteiger partial charge < -0.3 is 25.7 Å². The molecule has 5 N–H and O–H groups in total. The van der Waals surface area contributed by atoms with Crippen LogP contribution in [-0.2, 0) is 4.79 Å². The molecule has 65 heavy (non-hydrogen) atoms. The van der Waals surface area contributed by atoms with Crippen molar-refractivity contribution in [1.29, 1.82) is 0 Å². The summed E-state index contributed by atoms with van der Waals surface area (Å²) in [5.41, 5.74) is 0. The van der Waals surface area contributed by atoms with Gasteiger partial charge >= 0.3 is 0 Å². The molecule has 386 valence electrons. The highest BCUT2D eigenvalue weighted by Crippen LogP contribution is 2.18. The van der Waals surface area contributed by atoms with Crippen molar-refractivity contribution in [2.75, 3.05) is 6.61 Å². The zero-order valence-corrected chi connectivity index (χ0v) is 43.8. The van der Waals surface area contributed by atoms with Crippen LogP contribution in [0.25, 0.3) is 0 Å². The lowest BCUT2D eigenvalue weighted by Gasteiger charge is -2.27. The van der Waals surface area contributed by atoms with Gasteiger partial charge in [-0.3, -0.25) is 4.79 Å². The van der Waals surface area contributed by atoms with Gasteiger partial charge in [0.15, 0.2) is 0 Å². The Labute approximate surface area is 405 Å². The molecule has 0 aromatic rings. The van der Waals surface area contributed by atoms with Gasteiger partial charge in [0.25, 0.3) is 0 Å². The van der Waals surface area contributed by atoms with Crippen molar-refractivity contribution in [3.8, 4) is 0 Å². The average Bonchev–Trinajstić information content (AvgIpc) is 3.31. The summed E-state index contributed by atoms with van der Waals surface area (Å²) < 4.78 is 0. The lowest BCUT2D eigenvalue weighted by atomic mass is 10.00. The minimum atomic E-state index is -1.29. The van der Waals surface area contributed by atoms with Gasteiger partial charge in [0.05, 0.1) is 18.8 Å². The first-order valence-corrected chi connectivity index (χ1v) is 29.2. The Morgan fingerprint density at radius 1 is 0.369 bits per heavy atom. The summed E-state index contributed by atoms with van der Waals surface area (Å²) in [4.78, 5) is 12.6. The molecular formula is C59H115NO5. The Kier molecular flexibility index (Phi) is 52.7. The van der Waals surface area contributed by atoms with E-state index in [9.17, 15) is 25.2 Å². The summed E-state index contributed by atoms with van der Waals surface area (Å²) in [6.45, 7) is 4.04. The topological polar surface area (TPSA) is 110 Å². The van der Waals surface area contributed by atoms with Crippen molar-refractivity contribution in [2.24, 2.45) is 0 Å². The molecule has 4 atom stereocenters. The maximum Gasteiger partial charge on any atom is 0.249 e. The normalized spacial score (nSPS) is 13.9. The van der Waals surface area contributed by atoms with Crippen LogP contribution >= 0.6 is 0 Å². The number of rotatable bonds is 54. The molecule has 0 radical (unpaired) electrons. The third-order valence-corrected chi connectivity index (χ3v) is 13.9. The fourth-order valence-corrected chi connectivity index (χ4v) is 9.31. The van der Waals surface area contributed by atoms with Crippen molar-refractivity contribution in [2.45, 2.75) is 340 Å². The standard InChI is InChI=1S/C59H115NO5/c1-3-5-7-9-11-13-15-17-18-19-20-21-22-23-24-25-26-27-28-29-30-31-32-33-34-35-36-37-38-39-41-43-45-47-49-51-53-57(63)59(65)60-55(54-61)58(64)56(62)52-50-48-46-44-42-40-16-14-12-10-8-6-4-2/h14,16,44,46,55-58,61-64H,3-13,15,17-43,45,47-54H2,1-2H3,(H,60,65)/b16-14+,46-44+. The molecule has 0 aromatic heterocycles. The second-order valence-electron chi connectivity index (χ2n) is 20.3. The molecule has 1 amide bonds. The van der Waals surface area contributed by atoms with Crippen LogP contribution in [0, 0.1) is 0 Å². The average molecular weight is 919 g/mol. The van der Waals surface area contributed by atoms with Crippen LogP contribution < -0.4 is 5.32 Å². The van der Waals surface area contributed by atoms with Gasteiger partial charge in [-0.1, -0.05) is 289 Å². The molecule has 0 saturated heterocycles. The number of hydrogen-bond acceptors (Lipinski definition) is 5. The highest BCUT2D eigenvalue weighted by atomic mass is 16.3. The predicted molar refractivity (Wildman–Crippen MR) is 284 cm³/mol. The number of nitrogens with one attached hydrogen (secondary N) is 1. The molecule has 0 saturated carbocycles. The van der Waals surface area contributed by atoms with Crippen LogP contribution in [0.4, 0.5) is 0 Å². The molecule has 0 rings (SSSR count). The number of aliphatic hydroxyl groups excluding tert-OH is 4. The predicted octanol–water partition coefficient (Wildman–Crippen LogP) is 17.0. The Balaban J connectivity index is 3.50. The van der Waals surface area contributed by atoms with Gasteiger partial charge in [-0.05, 0) is 51.4 Å². The summed E-state index contributed by atoms with van der Waals surface area (Å²) in [5, 5.41) is 43.8. The first-order valence-electron chi connectivity index (χ1n) is 29.2. The van der Waals surface area contributed by atoms with Gasteiger partial charge in [0, 0.05) is 0 Å². The zero-order chi connectivity index (χ0) is 47.4. The van der Waals surface area contributed by atoms with E-state index in [1.165, 1.54) is 238 Å². The summed E-state index contributed by atoms with van der Waals surface area (Å²) in [7, 11) is 0. The van der Waals surface area contributed by atoms with Crippen molar-refractivity contribution in [1.82, 2.24) is 5.32 Å². The van der Waals surface area contributed by atoms with E-state index < -0.39 is 36.9 Å². The van der Waals surface area contributed by atoms with Gasteiger partial charge in [-0.15, -0.1) is 0 Å². The first kappa shape index (κ1) is 63.8. The SMILES string of the molecule is CCCCCC/C=C/CC/C=C/CCCC(O)C(O)C(CO)NC(=O)C(O)CCCCCCCCCCCCCCCCCCCCCCCCCCCCCCCCCCCCCC. The first-order chi connectivity index (χ1) is 32.0. The van der Waals surface area contributed by atoms with Crippen molar-refractivity contribution < 1.29 is 25.2 Å². The Hall–Kier alpha value is -1.21. The van der Waals surface area contributed by atoms with Crippen molar-refractivity contribution in [3.05, 3.63) is 24.3 Å². The maximum absolute atomic E-state index is 12.6. The van der Waals surface area contributed by atoms with Crippen LogP contribution in [0.1, 0.15) is 316 Å². The molecule has 4 unspecified atom stereocenters. The van der Waals surface area contributed by atoms with E-state index >= 15 is 0 Å². The second kappa shape index (κ2) is 53.7. The Morgan fingerprint density at radius 2 is 0.646 bits per heavy atom. The lowest BCUT2D eigenvalue weighted by molar-refractivity contribution is -0.132. The van der Waals surface area contributed by atoms with Gasteiger partial charge in [0.1, 0.15) is 12.2 Å². The van der Waals surface area contributed by atoms with Crippen LogP contribution in [0.5, 0.6) is 0 Å². The quantitative estimate of drug-likeness (QED) is 0.0308. The van der Waals surface area contributed by atoms with Crippen LogP contribution in [0.3, 0.4) is 0 Å². The largest absolute Gasteiger partial charge is 0.394 e. The summed E-state index contributed by atoms with van der Waals surface area (Å²) in [5.74, 6) is -0.593. The van der Waals surface area contributed by atoms with Crippen LogP contribution in [0.15, 0.2) is 24.3 Å².